The van der Waals surface area contributed by atoms with Gasteiger partial charge in [-0.25, -0.2) is 4.68 Å². The first-order valence-corrected chi connectivity index (χ1v) is 8.11. The summed E-state index contributed by atoms with van der Waals surface area (Å²) < 4.78 is 4.72. The molecule has 0 saturated heterocycles. The van der Waals surface area contributed by atoms with Crippen LogP contribution in [0.15, 0.2) is 40.3 Å². The number of hydrogen-bond acceptors (Lipinski definition) is 6. The summed E-state index contributed by atoms with van der Waals surface area (Å²) in [6.07, 6.45) is 0. The molecule has 0 saturated carbocycles. The van der Waals surface area contributed by atoms with Gasteiger partial charge in [-0.2, -0.15) is 9.94 Å². The van der Waals surface area contributed by atoms with E-state index in [2.05, 4.69) is 21.6 Å². The summed E-state index contributed by atoms with van der Waals surface area (Å²) in [6.45, 7) is 3.59. The van der Waals surface area contributed by atoms with Gasteiger partial charge in [0.1, 0.15) is 0 Å². The van der Waals surface area contributed by atoms with Crippen molar-refractivity contribution in [3.05, 3.63) is 46.4 Å². The highest BCUT2D eigenvalue weighted by Crippen LogP contribution is 2.23. The lowest BCUT2D eigenvalue weighted by Crippen LogP contribution is -2.22. The largest absolute Gasteiger partial charge is 0.297 e. The molecule has 122 valence electrons. The molecular weight excluding hydrogens is 326 g/mol. The van der Waals surface area contributed by atoms with Crippen LogP contribution in [0.3, 0.4) is 0 Å². The number of hydrogen-bond donors (Lipinski definition) is 0. The Morgan fingerprint density at radius 2 is 2.00 bits per heavy atom. The van der Waals surface area contributed by atoms with E-state index in [9.17, 15) is 4.79 Å². The lowest BCUT2D eigenvalue weighted by molar-refractivity contribution is 0.630. The fourth-order valence-corrected chi connectivity index (χ4v) is 3.06. The van der Waals surface area contributed by atoms with E-state index in [1.165, 1.54) is 16.4 Å². The normalized spacial score (nSPS) is 12.1. The predicted octanol–water partition coefficient (Wildman–Crippen LogP) is 1.46. The SMILES string of the molecule is Cc1c(-n2nnnc2S[C@@H](C)C#N)c(=O)n(-c2ccccc2)n1C. The third kappa shape index (κ3) is 2.61. The maximum Gasteiger partial charge on any atom is 0.297 e. The molecule has 1 atom stereocenters. The van der Waals surface area contributed by atoms with Crippen molar-refractivity contribution in [3.8, 4) is 17.4 Å². The van der Waals surface area contributed by atoms with Crippen molar-refractivity contribution >= 4 is 11.8 Å². The highest BCUT2D eigenvalue weighted by molar-refractivity contribution is 8.00. The van der Waals surface area contributed by atoms with Crippen LogP contribution in [0.5, 0.6) is 0 Å². The number of tetrazole rings is 1. The average molecular weight is 341 g/mol. The first kappa shape index (κ1) is 16.0. The van der Waals surface area contributed by atoms with E-state index < -0.39 is 0 Å². The van der Waals surface area contributed by atoms with Crippen LogP contribution in [0, 0.1) is 18.3 Å². The molecule has 8 nitrogen and oxygen atoms in total. The fraction of sp³-hybridized carbons (Fsp3) is 0.267. The van der Waals surface area contributed by atoms with Gasteiger partial charge >= 0.3 is 0 Å². The van der Waals surface area contributed by atoms with Crippen LogP contribution in [0.1, 0.15) is 12.6 Å². The second kappa shape index (κ2) is 6.33. The number of benzene rings is 1. The van der Waals surface area contributed by atoms with Crippen molar-refractivity contribution in [2.45, 2.75) is 24.3 Å². The van der Waals surface area contributed by atoms with Crippen LogP contribution < -0.4 is 5.56 Å². The Balaban J connectivity index is 2.17. The van der Waals surface area contributed by atoms with Gasteiger partial charge in [0.25, 0.3) is 5.56 Å². The lowest BCUT2D eigenvalue weighted by atomic mass is 10.3. The molecular formula is C15H15N7OS. The first-order valence-electron chi connectivity index (χ1n) is 7.23. The van der Waals surface area contributed by atoms with Gasteiger partial charge in [-0.05, 0) is 36.4 Å². The summed E-state index contributed by atoms with van der Waals surface area (Å²) in [4.78, 5) is 13.0. The van der Waals surface area contributed by atoms with Crippen LogP contribution >= 0.6 is 11.8 Å². The average Bonchev–Trinajstić information content (AvgIpc) is 3.11. The molecule has 0 aliphatic rings. The van der Waals surface area contributed by atoms with Gasteiger partial charge in [-0.15, -0.1) is 5.10 Å². The monoisotopic (exact) mass is 341 g/mol. The van der Waals surface area contributed by atoms with Crippen molar-refractivity contribution < 1.29 is 0 Å². The van der Waals surface area contributed by atoms with Crippen molar-refractivity contribution in [1.29, 1.82) is 5.26 Å². The summed E-state index contributed by atoms with van der Waals surface area (Å²) in [7, 11) is 1.81. The van der Waals surface area contributed by atoms with Crippen LogP contribution in [-0.2, 0) is 7.05 Å². The van der Waals surface area contributed by atoms with Crippen LogP contribution in [0.25, 0.3) is 11.4 Å². The second-order valence-corrected chi connectivity index (χ2v) is 6.48. The van der Waals surface area contributed by atoms with E-state index in [1.54, 1.807) is 16.3 Å². The number of thioether (sulfide) groups is 1. The van der Waals surface area contributed by atoms with E-state index in [1.807, 2.05) is 44.3 Å². The molecule has 2 heterocycles. The van der Waals surface area contributed by atoms with Gasteiger partial charge < -0.3 is 0 Å². The van der Waals surface area contributed by atoms with Crippen molar-refractivity contribution in [1.82, 2.24) is 29.6 Å². The third-order valence-corrected chi connectivity index (χ3v) is 4.56. The van der Waals surface area contributed by atoms with E-state index in [0.29, 0.717) is 10.8 Å². The number of para-hydroxylation sites is 1. The minimum atomic E-state index is -0.324. The van der Waals surface area contributed by atoms with Gasteiger partial charge in [0.15, 0.2) is 5.69 Å². The standard InChI is InChI=1S/C15H15N7OS/c1-10(9-16)24-15-17-18-19-21(15)13-11(2)20(3)22(14(13)23)12-7-5-4-6-8-12/h4-8,10H,1-3H3/t10-/m0/s1. The first-order chi connectivity index (χ1) is 11.5. The van der Waals surface area contributed by atoms with Crippen LogP contribution in [-0.4, -0.2) is 34.8 Å². The van der Waals surface area contributed by atoms with Crippen molar-refractivity contribution in [2.75, 3.05) is 0 Å². The van der Waals surface area contributed by atoms with Gasteiger partial charge in [-0.1, -0.05) is 30.0 Å². The Labute approximate surface area is 142 Å². The lowest BCUT2D eigenvalue weighted by Gasteiger charge is -2.07. The molecule has 0 fully saturated rings. The molecule has 2 aromatic heterocycles. The Morgan fingerprint density at radius 1 is 1.29 bits per heavy atom. The molecule has 3 rings (SSSR count). The smallest absolute Gasteiger partial charge is 0.283 e. The van der Waals surface area contributed by atoms with E-state index in [0.717, 1.165) is 11.4 Å². The van der Waals surface area contributed by atoms with E-state index in [4.69, 9.17) is 5.26 Å². The second-order valence-electron chi connectivity index (χ2n) is 5.17. The van der Waals surface area contributed by atoms with Crippen LogP contribution in [0.4, 0.5) is 0 Å². The quantitative estimate of drug-likeness (QED) is 0.667. The zero-order valence-electron chi connectivity index (χ0n) is 13.4. The molecule has 0 bridgehead atoms. The zero-order valence-corrected chi connectivity index (χ0v) is 14.2. The number of nitriles is 1. The van der Waals surface area contributed by atoms with E-state index in [-0.39, 0.29) is 10.8 Å². The molecule has 0 unspecified atom stereocenters. The number of nitrogens with zero attached hydrogens (tertiary/aromatic N) is 7. The van der Waals surface area contributed by atoms with Gasteiger partial charge in [0.2, 0.25) is 5.16 Å². The van der Waals surface area contributed by atoms with Crippen LogP contribution in [0.2, 0.25) is 0 Å². The maximum absolute atomic E-state index is 13.0. The summed E-state index contributed by atoms with van der Waals surface area (Å²) in [6, 6.07) is 11.5. The molecule has 0 N–H and O–H groups in total. The maximum atomic E-state index is 13.0. The predicted molar refractivity (Wildman–Crippen MR) is 89.4 cm³/mol. The molecule has 1 aromatic carbocycles. The minimum absolute atomic E-state index is 0.222. The molecule has 0 radical (unpaired) electrons. The van der Waals surface area contributed by atoms with Gasteiger partial charge in [0, 0.05) is 7.05 Å². The highest BCUT2D eigenvalue weighted by atomic mass is 32.2. The minimum Gasteiger partial charge on any atom is -0.283 e. The molecule has 9 heteroatoms. The summed E-state index contributed by atoms with van der Waals surface area (Å²) in [5.41, 5.74) is 1.63. The molecule has 0 amide bonds. The Kier molecular flexibility index (Phi) is 4.22. The van der Waals surface area contributed by atoms with Crippen molar-refractivity contribution in [2.24, 2.45) is 7.05 Å². The summed E-state index contributed by atoms with van der Waals surface area (Å²) >= 11 is 1.21. The Morgan fingerprint density at radius 3 is 2.67 bits per heavy atom. The molecule has 0 spiro atoms. The Bertz CT molecular complexity index is 964. The summed E-state index contributed by atoms with van der Waals surface area (Å²) in [5.74, 6) is 0. The molecule has 3 aromatic rings. The third-order valence-electron chi connectivity index (χ3n) is 3.64. The number of rotatable bonds is 4. The van der Waals surface area contributed by atoms with Crippen molar-refractivity contribution in [3.63, 3.8) is 0 Å². The Hall–Kier alpha value is -2.86. The zero-order chi connectivity index (χ0) is 17.3. The molecule has 24 heavy (non-hydrogen) atoms. The summed E-state index contributed by atoms with van der Waals surface area (Å²) in [5, 5.41) is 20.6. The fourth-order valence-electron chi connectivity index (χ4n) is 2.38. The molecule has 0 aliphatic carbocycles. The van der Waals surface area contributed by atoms with E-state index >= 15 is 0 Å². The van der Waals surface area contributed by atoms with Gasteiger partial charge in [0.05, 0.1) is 22.7 Å². The topological polar surface area (TPSA) is 94.3 Å². The number of aromatic nitrogens is 6. The molecule has 0 aliphatic heterocycles. The highest BCUT2D eigenvalue weighted by Gasteiger charge is 2.22. The van der Waals surface area contributed by atoms with Gasteiger partial charge in [-0.3, -0.25) is 9.48 Å².